The highest BCUT2D eigenvalue weighted by atomic mass is 32.1. The van der Waals surface area contributed by atoms with Crippen molar-refractivity contribution in [1.82, 2.24) is 5.32 Å². The number of methoxy groups -OCH3 is 1. The molecule has 84 valence electrons. The fourth-order valence-electron chi connectivity index (χ4n) is 2.09. The van der Waals surface area contributed by atoms with Crippen LogP contribution in [0.15, 0.2) is 17.5 Å². The molecule has 2 rings (SSSR count). The molecule has 0 aromatic carbocycles. The van der Waals surface area contributed by atoms with Crippen LogP contribution >= 0.6 is 11.3 Å². The molecule has 1 aliphatic rings. The van der Waals surface area contributed by atoms with Crippen LogP contribution in [0.4, 0.5) is 0 Å². The maximum atomic E-state index is 5.27. The SMILES string of the molecule is COC1CC(NC(C)Cc2cccs2)C1. The number of hydrogen-bond donors (Lipinski definition) is 1. The van der Waals surface area contributed by atoms with Gasteiger partial charge in [-0.3, -0.25) is 0 Å². The Balaban J connectivity index is 1.67. The Hall–Kier alpha value is -0.380. The quantitative estimate of drug-likeness (QED) is 0.831. The van der Waals surface area contributed by atoms with E-state index in [1.165, 1.54) is 17.7 Å². The summed E-state index contributed by atoms with van der Waals surface area (Å²) in [6, 6.07) is 5.58. The van der Waals surface area contributed by atoms with Crippen LogP contribution < -0.4 is 5.32 Å². The maximum Gasteiger partial charge on any atom is 0.0601 e. The zero-order valence-corrected chi connectivity index (χ0v) is 10.2. The highest BCUT2D eigenvalue weighted by Gasteiger charge is 2.29. The standard InChI is InChI=1S/C12H19NOS/c1-9(6-12-4-3-5-15-12)13-10-7-11(8-10)14-2/h3-5,9-11,13H,6-8H2,1-2H3. The lowest BCUT2D eigenvalue weighted by atomic mass is 9.88. The second-order valence-corrected chi connectivity index (χ2v) is 5.41. The van der Waals surface area contributed by atoms with Crippen molar-refractivity contribution in [3.63, 3.8) is 0 Å². The van der Waals surface area contributed by atoms with Crippen molar-refractivity contribution in [2.75, 3.05) is 7.11 Å². The molecule has 1 unspecified atom stereocenters. The van der Waals surface area contributed by atoms with Gasteiger partial charge in [0.2, 0.25) is 0 Å². The van der Waals surface area contributed by atoms with Gasteiger partial charge in [-0.25, -0.2) is 0 Å². The van der Waals surface area contributed by atoms with Crippen molar-refractivity contribution < 1.29 is 4.74 Å². The van der Waals surface area contributed by atoms with Crippen LogP contribution in [0.3, 0.4) is 0 Å². The molecule has 3 heteroatoms. The van der Waals surface area contributed by atoms with Crippen molar-refractivity contribution in [2.45, 2.75) is 44.4 Å². The summed E-state index contributed by atoms with van der Waals surface area (Å²) >= 11 is 1.84. The topological polar surface area (TPSA) is 21.3 Å². The minimum atomic E-state index is 0.497. The minimum absolute atomic E-state index is 0.497. The van der Waals surface area contributed by atoms with Crippen molar-refractivity contribution in [3.05, 3.63) is 22.4 Å². The first-order valence-corrected chi connectivity index (χ1v) is 6.47. The van der Waals surface area contributed by atoms with E-state index in [2.05, 4.69) is 29.8 Å². The lowest BCUT2D eigenvalue weighted by Gasteiger charge is -2.36. The van der Waals surface area contributed by atoms with Crippen LogP contribution in [0.1, 0.15) is 24.6 Å². The molecule has 1 heterocycles. The molecule has 0 aliphatic heterocycles. The second-order valence-electron chi connectivity index (χ2n) is 4.38. The van der Waals surface area contributed by atoms with Crippen LogP contribution in [0.5, 0.6) is 0 Å². The van der Waals surface area contributed by atoms with Crippen LogP contribution in [0.2, 0.25) is 0 Å². The van der Waals surface area contributed by atoms with E-state index < -0.39 is 0 Å². The van der Waals surface area contributed by atoms with Gasteiger partial charge in [0.15, 0.2) is 0 Å². The summed E-state index contributed by atoms with van der Waals surface area (Å²) in [7, 11) is 1.80. The molecular formula is C12H19NOS. The Labute approximate surface area is 95.6 Å². The number of rotatable bonds is 5. The number of hydrogen-bond acceptors (Lipinski definition) is 3. The molecule has 1 aromatic rings. The van der Waals surface area contributed by atoms with Crippen LogP contribution in [0, 0.1) is 0 Å². The van der Waals surface area contributed by atoms with Crippen LogP contribution in [-0.4, -0.2) is 25.3 Å². The van der Waals surface area contributed by atoms with Crippen LogP contribution in [-0.2, 0) is 11.2 Å². The lowest BCUT2D eigenvalue weighted by molar-refractivity contribution is 0.0148. The molecule has 1 aliphatic carbocycles. The summed E-state index contributed by atoms with van der Waals surface area (Å²) in [5, 5.41) is 5.79. The fourth-order valence-corrected chi connectivity index (χ4v) is 2.92. The van der Waals surface area contributed by atoms with E-state index in [1.807, 2.05) is 11.3 Å². The zero-order chi connectivity index (χ0) is 10.7. The fraction of sp³-hybridized carbons (Fsp3) is 0.667. The summed E-state index contributed by atoms with van der Waals surface area (Å²) in [5.41, 5.74) is 0. The van der Waals surface area contributed by atoms with Crippen molar-refractivity contribution in [2.24, 2.45) is 0 Å². The third-order valence-electron chi connectivity index (χ3n) is 3.04. The summed E-state index contributed by atoms with van der Waals surface area (Å²) in [6.45, 7) is 2.26. The van der Waals surface area contributed by atoms with Crippen LogP contribution in [0.25, 0.3) is 0 Å². The number of ether oxygens (including phenoxy) is 1. The normalized spacial score (nSPS) is 27.3. The molecule has 2 nitrogen and oxygen atoms in total. The van der Waals surface area contributed by atoms with Crippen molar-refractivity contribution in [1.29, 1.82) is 0 Å². The Morgan fingerprint density at radius 1 is 1.60 bits per heavy atom. The highest BCUT2D eigenvalue weighted by Crippen LogP contribution is 2.23. The molecule has 1 aromatic heterocycles. The molecule has 1 saturated carbocycles. The van der Waals surface area contributed by atoms with E-state index in [4.69, 9.17) is 4.74 Å². The summed E-state index contributed by atoms with van der Waals surface area (Å²) in [6.07, 6.45) is 3.99. The first kappa shape index (κ1) is 11.1. The maximum absolute atomic E-state index is 5.27. The van der Waals surface area contributed by atoms with E-state index in [9.17, 15) is 0 Å². The van der Waals surface area contributed by atoms with Gasteiger partial charge in [-0.1, -0.05) is 6.07 Å². The van der Waals surface area contributed by atoms with Gasteiger partial charge in [-0.2, -0.15) is 0 Å². The Morgan fingerprint density at radius 2 is 2.40 bits per heavy atom. The van der Waals surface area contributed by atoms with Gasteiger partial charge in [0.25, 0.3) is 0 Å². The van der Waals surface area contributed by atoms with Crippen molar-refractivity contribution in [3.8, 4) is 0 Å². The Kier molecular flexibility index (Phi) is 3.78. The zero-order valence-electron chi connectivity index (χ0n) is 9.40. The molecule has 1 N–H and O–H groups in total. The van der Waals surface area contributed by atoms with Gasteiger partial charge in [0.05, 0.1) is 6.10 Å². The van der Waals surface area contributed by atoms with Gasteiger partial charge in [0.1, 0.15) is 0 Å². The second kappa shape index (κ2) is 5.10. The van der Waals surface area contributed by atoms with E-state index in [0.29, 0.717) is 18.2 Å². The predicted octanol–water partition coefficient (Wildman–Crippen LogP) is 2.45. The summed E-state index contributed by atoms with van der Waals surface area (Å²) in [5.74, 6) is 0. The Morgan fingerprint density at radius 3 is 3.00 bits per heavy atom. The van der Waals surface area contributed by atoms with Gasteiger partial charge >= 0.3 is 0 Å². The summed E-state index contributed by atoms with van der Waals surface area (Å²) < 4.78 is 5.27. The van der Waals surface area contributed by atoms with E-state index in [0.717, 1.165) is 6.42 Å². The highest BCUT2D eigenvalue weighted by molar-refractivity contribution is 7.09. The van der Waals surface area contributed by atoms with Gasteiger partial charge in [0, 0.05) is 24.1 Å². The Bertz CT molecular complexity index is 280. The van der Waals surface area contributed by atoms with Gasteiger partial charge < -0.3 is 10.1 Å². The molecule has 0 radical (unpaired) electrons. The molecule has 1 fully saturated rings. The van der Waals surface area contributed by atoms with E-state index in [-0.39, 0.29) is 0 Å². The molecule has 0 amide bonds. The summed E-state index contributed by atoms with van der Waals surface area (Å²) in [4.78, 5) is 1.47. The molecule has 0 bridgehead atoms. The molecule has 0 saturated heterocycles. The van der Waals surface area contributed by atoms with E-state index >= 15 is 0 Å². The first-order chi connectivity index (χ1) is 7.28. The smallest absolute Gasteiger partial charge is 0.0601 e. The molecule has 15 heavy (non-hydrogen) atoms. The van der Waals surface area contributed by atoms with Gasteiger partial charge in [-0.15, -0.1) is 11.3 Å². The predicted molar refractivity (Wildman–Crippen MR) is 64.4 cm³/mol. The monoisotopic (exact) mass is 225 g/mol. The average molecular weight is 225 g/mol. The van der Waals surface area contributed by atoms with E-state index in [1.54, 1.807) is 7.11 Å². The largest absolute Gasteiger partial charge is 0.381 e. The number of thiophene rings is 1. The minimum Gasteiger partial charge on any atom is -0.381 e. The first-order valence-electron chi connectivity index (χ1n) is 5.59. The van der Waals surface area contributed by atoms with Crippen molar-refractivity contribution >= 4 is 11.3 Å². The molecular weight excluding hydrogens is 206 g/mol. The lowest BCUT2D eigenvalue weighted by Crippen LogP contribution is -2.48. The molecule has 1 atom stereocenters. The van der Waals surface area contributed by atoms with Gasteiger partial charge in [-0.05, 0) is 37.6 Å². The molecule has 0 spiro atoms. The number of nitrogens with one attached hydrogen (secondary N) is 1. The third kappa shape index (κ3) is 3.03. The average Bonchev–Trinajstić information content (AvgIpc) is 2.63. The third-order valence-corrected chi connectivity index (χ3v) is 3.93.